The molecule has 1 aliphatic heterocycles. The summed E-state index contributed by atoms with van der Waals surface area (Å²) in [6.07, 6.45) is 4.14. The maximum Gasteiger partial charge on any atom is 0.410 e. The molecule has 1 atom stereocenters. The van der Waals surface area contributed by atoms with E-state index >= 15 is 0 Å². The number of hydrogen-bond acceptors (Lipinski definition) is 4. The Morgan fingerprint density at radius 3 is 2.86 bits per heavy atom. The molecule has 1 aromatic heterocycles. The van der Waals surface area contributed by atoms with E-state index in [-0.39, 0.29) is 12.1 Å². The maximum absolute atomic E-state index is 12.2. The van der Waals surface area contributed by atoms with Crippen molar-refractivity contribution in [2.24, 2.45) is 0 Å². The number of carbonyl (C=O) groups excluding carboxylic acids is 1. The standard InChI is InChI=1S/C16H23ClN2O3/c1-16(2,3)22-15(20)19-9-4-5-12(19)8-10-21-13-6-7-14(17)18-11-13/h6-7,11-12H,4-5,8-10H2,1-3H3/t12-/m0/s1. The highest BCUT2D eigenvalue weighted by molar-refractivity contribution is 6.29. The van der Waals surface area contributed by atoms with E-state index in [4.69, 9.17) is 21.1 Å². The van der Waals surface area contributed by atoms with Crippen LogP contribution in [0.15, 0.2) is 18.3 Å². The van der Waals surface area contributed by atoms with Crippen LogP contribution >= 0.6 is 11.6 Å². The molecule has 122 valence electrons. The molecule has 5 nitrogen and oxygen atoms in total. The van der Waals surface area contributed by atoms with Gasteiger partial charge in [-0.3, -0.25) is 0 Å². The molecule has 1 aliphatic rings. The lowest BCUT2D eigenvalue weighted by Gasteiger charge is -2.28. The lowest BCUT2D eigenvalue weighted by molar-refractivity contribution is 0.0211. The van der Waals surface area contributed by atoms with Gasteiger partial charge in [0.15, 0.2) is 0 Å². The zero-order chi connectivity index (χ0) is 16.2. The van der Waals surface area contributed by atoms with Crippen LogP contribution in [0.1, 0.15) is 40.0 Å². The predicted octanol–water partition coefficient (Wildman–Crippen LogP) is 3.90. The second kappa shape index (κ2) is 7.18. The van der Waals surface area contributed by atoms with Crippen LogP contribution in [0.2, 0.25) is 5.15 Å². The first-order chi connectivity index (χ1) is 10.3. The van der Waals surface area contributed by atoms with Crippen LogP contribution in [0.25, 0.3) is 0 Å². The first-order valence-electron chi connectivity index (χ1n) is 7.59. The number of aromatic nitrogens is 1. The van der Waals surface area contributed by atoms with Crippen molar-refractivity contribution in [2.75, 3.05) is 13.2 Å². The van der Waals surface area contributed by atoms with E-state index in [0.717, 1.165) is 25.8 Å². The van der Waals surface area contributed by atoms with Gasteiger partial charge in [0, 0.05) is 19.0 Å². The zero-order valence-electron chi connectivity index (χ0n) is 13.3. The normalized spacial score (nSPS) is 18.4. The Kier molecular flexibility index (Phi) is 5.51. The molecule has 0 bridgehead atoms. The van der Waals surface area contributed by atoms with E-state index in [0.29, 0.717) is 17.5 Å². The van der Waals surface area contributed by atoms with Gasteiger partial charge < -0.3 is 14.4 Å². The Balaban J connectivity index is 1.81. The summed E-state index contributed by atoms with van der Waals surface area (Å²) < 4.78 is 11.1. The van der Waals surface area contributed by atoms with Gasteiger partial charge >= 0.3 is 6.09 Å². The molecule has 0 N–H and O–H groups in total. The molecule has 2 heterocycles. The molecule has 2 rings (SSSR count). The molecule has 0 aromatic carbocycles. The minimum Gasteiger partial charge on any atom is -0.492 e. The van der Waals surface area contributed by atoms with Gasteiger partial charge in [0.05, 0.1) is 12.8 Å². The van der Waals surface area contributed by atoms with Crippen LogP contribution in [-0.2, 0) is 4.74 Å². The van der Waals surface area contributed by atoms with Crippen molar-refractivity contribution < 1.29 is 14.3 Å². The van der Waals surface area contributed by atoms with E-state index in [9.17, 15) is 4.79 Å². The number of halogens is 1. The molecule has 6 heteroatoms. The minimum atomic E-state index is -0.463. The summed E-state index contributed by atoms with van der Waals surface area (Å²) in [4.78, 5) is 18.0. The number of rotatable bonds is 4. The fourth-order valence-corrected chi connectivity index (χ4v) is 2.57. The van der Waals surface area contributed by atoms with Crippen LogP contribution in [0.5, 0.6) is 5.75 Å². The van der Waals surface area contributed by atoms with E-state index in [2.05, 4.69) is 4.98 Å². The summed E-state index contributed by atoms with van der Waals surface area (Å²) in [7, 11) is 0. The smallest absolute Gasteiger partial charge is 0.410 e. The Hall–Kier alpha value is -1.49. The fraction of sp³-hybridized carbons (Fsp3) is 0.625. The van der Waals surface area contributed by atoms with Crippen molar-refractivity contribution in [1.29, 1.82) is 0 Å². The lowest BCUT2D eigenvalue weighted by atomic mass is 10.1. The van der Waals surface area contributed by atoms with Crippen molar-refractivity contribution in [2.45, 2.75) is 51.7 Å². The largest absolute Gasteiger partial charge is 0.492 e. The molecule has 22 heavy (non-hydrogen) atoms. The molecular weight excluding hydrogens is 304 g/mol. The molecule has 0 unspecified atom stereocenters. The van der Waals surface area contributed by atoms with Gasteiger partial charge in [-0.15, -0.1) is 0 Å². The van der Waals surface area contributed by atoms with E-state index in [1.807, 2.05) is 25.7 Å². The quantitative estimate of drug-likeness (QED) is 0.787. The van der Waals surface area contributed by atoms with Gasteiger partial charge in [0.25, 0.3) is 0 Å². The Morgan fingerprint density at radius 1 is 1.45 bits per heavy atom. The van der Waals surface area contributed by atoms with Gasteiger partial charge in [-0.25, -0.2) is 9.78 Å². The van der Waals surface area contributed by atoms with Crippen molar-refractivity contribution in [3.05, 3.63) is 23.5 Å². The predicted molar refractivity (Wildman–Crippen MR) is 85.3 cm³/mol. The zero-order valence-corrected chi connectivity index (χ0v) is 14.1. The van der Waals surface area contributed by atoms with E-state index < -0.39 is 5.60 Å². The van der Waals surface area contributed by atoms with Gasteiger partial charge in [-0.2, -0.15) is 0 Å². The van der Waals surface area contributed by atoms with Crippen LogP contribution in [0, 0.1) is 0 Å². The highest BCUT2D eigenvalue weighted by atomic mass is 35.5. The second-order valence-electron chi connectivity index (χ2n) is 6.42. The monoisotopic (exact) mass is 326 g/mol. The summed E-state index contributed by atoms with van der Waals surface area (Å²) in [6.45, 7) is 6.93. The highest BCUT2D eigenvalue weighted by Gasteiger charge is 2.31. The maximum atomic E-state index is 12.2. The topological polar surface area (TPSA) is 51.7 Å². The Bertz CT molecular complexity index is 499. The fourth-order valence-electron chi connectivity index (χ4n) is 2.46. The molecule has 0 radical (unpaired) electrons. The minimum absolute atomic E-state index is 0.176. The summed E-state index contributed by atoms with van der Waals surface area (Å²) >= 11 is 5.73. The van der Waals surface area contributed by atoms with E-state index in [1.165, 1.54) is 0 Å². The number of likely N-dealkylation sites (tertiary alicyclic amines) is 1. The molecule has 0 spiro atoms. The van der Waals surface area contributed by atoms with Gasteiger partial charge in [-0.05, 0) is 45.7 Å². The van der Waals surface area contributed by atoms with Crippen molar-refractivity contribution >= 4 is 17.7 Å². The van der Waals surface area contributed by atoms with Crippen LogP contribution in [-0.4, -0.2) is 40.8 Å². The lowest BCUT2D eigenvalue weighted by Crippen LogP contribution is -2.40. The number of ether oxygens (including phenoxy) is 2. The molecule has 1 fully saturated rings. The number of hydrogen-bond donors (Lipinski definition) is 0. The molecule has 1 amide bonds. The highest BCUT2D eigenvalue weighted by Crippen LogP contribution is 2.23. The van der Waals surface area contributed by atoms with Crippen molar-refractivity contribution in [1.82, 2.24) is 9.88 Å². The molecule has 0 saturated carbocycles. The summed E-state index contributed by atoms with van der Waals surface area (Å²) in [5.41, 5.74) is -0.463. The summed E-state index contributed by atoms with van der Waals surface area (Å²) in [5, 5.41) is 0.444. The third-order valence-corrected chi connectivity index (χ3v) is 3.65. The van der Waals surface area contributed by atoms with Gasteiger partial charge in [-0.1, -0.05) is 11.6 Å². The van der Waals surface area contributed by atoms with Crippen molar-refractivity contribution in [3.8, 4) is 5.75 Å². The van der Waals surface area contributed by atoms with Crippen LogP contribution < -0.4 is 4.74 Å². The summed E-state index contributed by atoms with van der Waals surface area (Å²) in [6, 6.07) is 3.66. The van der Waals surface area contributed by atoms with Gasteiger partial charge in [0.2, 0.25) is 0 Å². The SMILES string of the molecule is CC(C)(C)OC(=O)N1CCC[C@H]1CCOc1ccc(Cl)nc1. The second-order valence-corrected chi connectivity index (χ2v) is 6.81. The Morgan fingerprint density at radius 2 is 2.23 bits per heavy atom. The average molecular weight is 327 g/mol. The van der Waals surface area contributed by atoms with E-state index in [1.54, 1.807) is 18.3 Å². The van der Waals surface area contributed by atoms with Crippen LogP contribution in [0.4, 0.5) is 4.79 Å². The molecule has 1 aromatic rings. The number of amides is 1. The number of nitrogens with zero attached hydrogens (tertiary/aromatic N) is 2. The Labute approximate surface area is 136 Å². The molecule has 0 aliphatic carbocycles. The number of carbonyl (C=O) groups is 1. The third-order valence-electron chi connectivity index (χ3n) is 3.43. The van der Waals surface area contributed by atoms with Crippen LogP contribution in [0.3, 0.4) is 0 Å². The molecular formula is C16H23ClN2O3. The third kappa shape index (κ3) is 5.05. The first kappa shape index (κ1) is 16.9. The first-order valence-corrected chi connectivity index (χ1v) is 7.97. The average Bonchev–Trinajstić information content (AvgIpc) is 2.88. The van der Waals surface area contributed by atoms with Crippen molar-refractivity contribution in [3.63, 3.8) is 0 Å². The summed E-state index contributed by atoms with van der Waals surface area (Å²) in [5.74, 6) is 0.686. The molecule has 1 saturated heterocycles. The number of pyridine rings is 1. The van der Waals surface area contributed by atoms with Gasteiger partial charge in [0.1, 0.15) is 16.5 Å².